The minimum absolute atomic E-state index is 0.201. The molecule has 0 radical (unpaired) electrons. The first kappa shape index (κ1) is 17.5. The van der Waals surface area contributed by atoms with Gasteiger partial charge in [0.2, 0.25) is 0 Å². The minimum Gasteiger partial charge on any atom is -0.350 e. The first-order chi connectivity index (χ1) is 13.0. The normalized spacial score (nSPS) is 13.9. The fraction of sp³-hybridized carbons (Fsp3) is 0.200. The van der Waals surface area contributed by atoms with Gasteiger partial charge in [-0.3, -0.25) is 4.72 Å². The van der Waals surface area contributed by atoms with Crippen LogP contribution < -0.4 is 9.62 Å². The van der Waals surface area contributed by atoms with Gasteiger partial charge in [0, 0.05) is 13.1 Å². The van der Waals surface area contributed by atoms with E-state index in [1.165, 1.54) is 11.1 Å². The Bertz CT molecular complexity index is 1050. The molecule has 4 rings (SSSR count). The van der Waals surface area contributed by atoms with E-state index < -0.39 is 10.0 Å². The van der Waals surface area contributed by atoms with E-state index in [2.05, 4.69) is 38.0 Å². The van der Waals surface area contributed by atoms with Crippen molar-refractivity contribution in [1.82, 2.24) is 10.2 Å². The van der Waals surface area contributed by atoms with E-state index in [0.29, 0.717) is 0 Å². The molecule has 1 aliphatic rings. The summed E-state index contributed by atoms with van der Waals surface area (Å²) in [5.41, 5.74) is 3.65. The SMILES string of the molecule is Cc1ccc(S(=O)(=O)Nc2ccc(N3CCc4ccccc4C3)nn2)cc1. The van der Waals surface area contributed by atoms with E-state index in [-0.39, 0.29) is 10.7 Å². The number of rotatable bonds is 4. The highest BCUT2D eigenvalue weighted by Crippen LogP contribution is 2.23. The third-order valence-corrected chi connectivity index (χ3v) is 6.05. The molecule has 1 N–H and O–H groups in total. The average molecular weight is 380 g/mol. The van der Waals surface area contributed by atoms with Crippen molar-refractivity contribution in [2.45, 2.75) is 24.8 Å². The van der Waals surface area contributed by atoms with Crippen molar-refractivity contribution in [1.29, 1.82) is 0 Å². The standard InChI is InChI=1S/C20H20N4O2S/c1-15-6-8-18(9-7-15)27(25,26)23-19-10-11-20(22-21-19)24-13-12-16-4-2-3-5-17(16)14-24/h2-11H,12-14H2,1H3,(H,21,23). The zero-order valence-electron chi connectivity index (χ0n) is 15.0. The molecular formula is C20H20N4O2S. The van der Waals surface area contributed by atoms with Crippen LogP contribution in [0.5, 0.6) is 0 Å². The largest absolute Gasteiger partial charge is 0.350 e. The zero-order chi connectivity index (χ0) is 18.9. The maximum Gasteiger partial charge on any atom is 0.263 e. The molecule has 0 spiro atoms. The van der Waals surface area contributed by atoms with E-state index in [9.17, 15) is 8.42 Å². The van der Waals surface area contributed by atoms with Crippen molar-refractivity contribution >= 4 is 21.7 Å². The smallest absolute Gasteiger partial charge is 0.263 e. The van der Waals surface area contributed by atoms with E-state index in [1.54, 1.807) is 36.4 Å². The lowest BCUT2D eigenvalue weighted by molar-refractivity contribution is 0.601. The Balaban J connectivity index is 1.49. The van der Waals surface area contributed by atoms with Crippen molar-refractivity contribution in [2.24, 2.45) is 0 Å². The molecule has 1 aliphatic heterocycles. The summed E-state index contributed by atoms with van der Waals surface area (Å²) >= 11 is 0. The Morgan fingerprint density at radius 1 is 0.926 bits per heavy atom. The van der Waals surface area contributed by atoms with Crippen molar-refractivity contribution in [3.63, 3.8) is 0 Å². The Morgan fingerprint density at radius 3 is 2.37 bits per heavy atom. The quantitative estimate of drug-likeness (QED) is 0.753. The molecule has 27 heavy (non-hydrogen) atoms. The van der Waals surface area contributed by atoms with Crippen LogP contribution in [0.2, 0.25) is 0 Å². The molecule has 0 amide bonds. The fourth-order valence-electron chi connectivity index (χ4n) is 3.15. The molecule has 0 fully saturated rings. The van der Waals surface area contributed by atoms with Gasteiger partial charge in [-0.15, -0.1) is 10.2 Å². The number of nitrogens with zero attached hydrogens (tertiary/aromatic N) is 3. The van der Waals surface area contributed by atoms with Crippen LogP contribution in [0, 0.1) is 6.92 Å². The number of aryl methyl sites for hydroxylation is 1. The van der Waals surface area contributed by atoms with Gasteiger partial charge in [-0.05, 0) is 48.7 Å². The minimum atomic E-state index is -3.67. The van der Waals surface area contributed by atoms with Gasteiger partial charge in [0.05, 0.1) is 4.90 Å². The van der Waals surface area contributed by atoms with E-state index in [4.69, 9.17) is 0 Å². The number of fused-ring (bicyclic) bond motifs is 1. The average Bonchev–Trinajstić information content (AvgIpc) is 2.68. The molecule has 0 bridgehead atoms. The highest BCUT2D eigenvalue weighted by molar-refractivity contribution is 7.92. The van der Waals surface area contributed by atoms with Gasteiger partial charge >= 0.3 is 0 Å². The summed E-state index contributed by atoms with van der Waals surface area (Å²) in [7, 11) is -3.67. The van der Waals surface area contributed by atoms with Crippen molar-refractivity contribution in [3.8, 4) is 0 Å². The number of aromatic nitrogens is 2. The van der Waals surface area contributed by atoms with Crippen LogP contribution in [0.3, 0.4) is 0 Å². The number of nitrogens with one attached hydrogen (secondary N) is 1. The lowest BCUT2D eigenvalue weighted by Crippen LogP contribution is -2.31. The van der Waals surface area contributed by atoms with Gasteiger partial charge < -0.3 is 4.90 Å². The number of hydrogen-bond acceptors (Lipinski definition) is 5. The highest BCUT2D eigenvalue weighted by atomic mass is 32.2. The van der Waals surface area contributed by atoms with Gasteiger partial charge in [-0.25, -0.2) is 8.42 Å². The first-order valence-corrected chi connectivity index (χ1v) is 10.2. The summed E-state index contributed by atoms with van der Waals surface area (Å²) in [6, 6.07) is 18.5. The topological polar surface area (TPSA) is 75.2 Å². The summed E-state index contributed by atoms with van der Waals surface area (Å²) in [6.45, 7) is 3.55. The number of anilines is 2. The number of sulfonamides is 1. The molecular weight excluding hydrogens is 360 g/mol. The maximum atomic E-state index is 12.4. The Morgan fingerprint density at radius 2 is 1.67 bits per heavy atom. The maximum absolute atomic E-state index is 12.4. The van der Waals surface area contributed by atoms with Crippen LogP contribution in [-0.4, -0.2) is 25.2 Å². The number of benzene rings is 2. The molecule has 138 valence electrons. The first-order valence-electron chi connectivity index (χ1n) is 8.76. The Labute approximate surface area is 158 Å². The van der Waals surface area contributed by atoms with E-state index >= 15 is 0 Å². The molecule has 0 unspecified atom stereocenters. The molecule has 0 saturated heterocycles. The summed E-state index contributed by atoms with van der Waals surface area (Å²) in [5.74, 6) is 0.944. The lowest BCUT2D eigenvalue weighted by atomic mass is 10.00. The van der Waals surface area contributed by atoms with Gasteiger partial charge in [0.1, 0.15) is 0 Å². The summed E-state index contributed by atoms with van der Waals surface area (Å²) in [5, 5.41) is 8.27. The Kier molecular flexibility index (Phi) is 4.53. The van der Waals surface area contributed by atoms with Crippen LogP contribution in [0.15, 0.2) is 65.6 Å². The molecule has 0 aliphatic carbocycles. The van der Waals surface area contributed by atoms with Crippen LogP contribution >= 0.6 is 0 Å². The van der Waals surface area contributed by atoms with Crippen LogP contribution in [-0.2, 0) is 23.0 Å². The third kappa shape index (κ3) is 3.78. The van der Waals surface area contributed by atoms with E-state index in [0.717, 1.165) is 30.9 Å². The molecule has 1 aromatic heterocycles. The van der Waals surface area contributed by atoms with E-state index in [1.807, 2.05) is 13.0 Å². The highest BCUT2D eigenvalue weighted by Gasteiger charge is 2.18. The second kappa shape index (κ2) is 7.00. The Hall–Kier alpha value is -2.93. The van der Waals surface area contributed by atoms with Crippen LogP contribution in [0.4, 0.5) is 11.6 Å². The zero-order valence-corrected chi connectivity index (χ0v) is 15.8. The predicted octanol–water partition coefficient (Wildman–Crippen LogP) is 3.15. The predicted molar refractivity (Wildman–Crippen MR) is 105 cm³/mol. The molecule has 7 heteroatoms. The molecule has 6 nitrogen and oxygen atoms in total. The molecule has 3 aromatic rings. The number of hydrogen-bond donors (Lipinski definition) is 1. The van der Waals surface area contributed by atoms with Crippen molar-refractivity contribution in [3.05, 3.63) is 77.4 Å². The molecule has 2 aromatic carbocycles. The third-order valence-electron chi connectivity index (χ3n) is 4.68. The molecule has 0 saturated carbocycles. The fourth-order valence-corrected chi connectivity index (χ4v) is 4.15. The summed E-state index contributed by atoms with van der Waals surface area (Å²) < 4.78 is 27.4. The van der Waals surface area contributed by atoms with Crippen LogP contribution in [0.1, 0.15) is 16.7 Å². The summed E-state index contributed by atoms with van der Waals surface area (Å²) in [6.07, 6.45) is 0.958. The van der Waals surface area contributed by atoms with Gasteiger partial charge in [0.15, 0.2) is 11.6 Å². The van der Waals surface area contributed by atoms with Gasteiger partial charge in [0.25, 0.3) is 10.0 Å². The summed E-state index contributed by atoms with van der Waals surface area (Å²) in [4.78, 5) is 2.35. The van der Waals surface area contributed by atoms with Crippen LogP contribution in [0.25, 0.3) is 0 Å². The van der Waals surface area contributed by atoms with Gasteiger partial charge in [-0.1, -0.05) is 42.0 Å². The van der Waals surface area contributed by atoms with Crippen molar-refractivity contribution in [2.75, 3.05) is 16.2 Å². The second-order valence-corrected chi connectivity index (χ2v) is 8.32. The monoisotopic (exact) mass is 380 g/mol. The molecule has 2 heterocycles. The van der Waals surface area contributed by atoms with Gasteiger partial charge in [-0.2, -0.15) is 0 Å². The molecule has 0 atom stereocenters. The van der Waals surface area contributed by atoms with Crippen molar-refractivity contribution < 1.29 is 8.42 Å². The second-order valence-electron chi connectivity index (χ2n) is 6.64. The lowest BCUT2D eigenvalue weighted by Gasteiger charge is -2.29.